The minimum absolute atomic E-state index is 0.0217. The molecule has 2 saturated heterocycles. The molecule has 0 aliphatic carbocycles. The quantitative estimate of drug-likeness (QED) is 0.897. The summed E-state index contributed by atoms with van der Waals surface area (Å²) in [5, 5.41) is 3.60. The molecular weight excluding hydrogens is 277 g/mol. The molecule has 2 aliphatic rings. The minimum atomic E-state index is -4.27. The van der Waals surface area contributed by atoms with Crippen LogP contribution >= 0.6 is 0 Å². The van der Waals surface area contributed by atoms with Crippen molar-refractivity contribution in [3.63, 3.8) is 0 Å². The molecule has 1 aromatic rings. The van der Waals surface area contributed by atoms with E-state index in [4.69, 9.17) is 0 Å². The molecule has 3 unspecified atom stereocenters. The Morgan fingerprint density at radius 1 is 1.19 bits per heavy atom. The van der Waals surface area contributed by atoms with Gasteiger partial charge < -0.3 is 5.32 Å². The van der Waals surface area contributed by atoms with Gasteiger partial charge in [0.1, 0.15) is 0 Å². The number of halogens is 3. The lowest BCUT2D eigenvalue weighted by molar-refractivity contribution is -0.137. The number of hydrogen-bond acceptors (Lipinski definition) is 2. The Morgan fingerprint density at radius 2 is 1.95 bits per heavy atom. The molecule has 3 rings (SSSR count). The maximum absolute atomic E-state index is 12.8. The van der Waals surface area contributed by atoms with Crippen molar-refractivity contribution in [1.82, 2.24) is 10.2 Å². The van der Waals surface area contributed by atoms with Crippen LogP contribution < -0.4 is 5.32 Å². The number of fused-ring (bicyclic) bond motifs is 2. The molecule has 21 heavy (non-hydrogen) atoms. The summed E-state index contributed by atoms with van der Waals surface area (Å²) in [7, 11) is 0. The maximum atomic E-state index is 12.8. The van der Waals surface area contributed by atoms with E-state index in [1.807, 2.05) is 6.92 Å². The monoisotopic (exact) mass is 298 g/mol. The van der Waals surface area contributed by atoms with Crippen LogP contribution in [0.5, 0.6) is 0 Å². The third kappa shape index (κ3) is 3.24. The molecule has 1 aromatic carbocycles. The standard InChI is InChI=1S/C16H21F3N2/c1-11(12-3-2-4-13(9-12)16(17,18)19)21-8-7-14-5-6-15(10-21)20-14/h2-4,9,11,14-15,20H,5-8,10H2,1H3. The van der Waals surface area contributed by atoms with E-state index in [9.17, 15) is 13.2 Å². The van der Waals surface area contributed by atoms with Gasteiger partial charge in [0.15, 0.2) is 0 Å². The highest BCUT2D eigenvalue weighted by Crippen LogP contribution is 2.33. The van der Waals surface area contributed by atoms with E-state index in [1.165, 1.54) is 25.0 Å². The predicted molar refractivity (Wildman–Crippen MR) is 76.0 cm³/mol. The van der Waals surface area contributed by atoms with Crippen LogP contribution in [0.1, 0.15) is 43.4 Å². The van der Waals surface area contributed by atoms with Gasteiger partial charge in [0, 0.05) is 31.2 Å². The van der Waals surface area contributed by atoms with Gasteiger partial charge in [-0.1, -0.05) is 12.1 Å². The largest absolute Gasteiger partial charge is 0.416 e. The molecule has 2 nitrogen and oxygen atoms in total. The lowest BCUT2D eigenvalue weighted by atomic mass is 10.0. The van der Waals surface area contributed by atoms with Crippen molar-refractivity contribution >= 4 is 0 Å². The van der Waals surface area contributed by atoms with Gasteiger partial charge in [-0.2, -0.15) is 13.2 Å². The molecule has 2 fully saturated rings. The number of rotatable bonds is 2. The fraction of sp³-hybridized carbons (Fsp3) is 0.625. The van der Waals surface area contributed by atoms with Crippen molar-refractivity contribution < 1.29 is 13.2 Å². The Morgan fingerprint density at radius 3 is 2.71 bits per heavy atom. The summed E-state index contributed by atoms with van der Waals surface area (Å²) in [5.41, 5.74) is 0.198. The van der Waals surface area contributed by atoms with Crippen molar-refractivity contribution in [3.8, 4) is 0 Å². The third-order valence-corrected chi connectivity index (χ3v) is 4.80. The van der Waals surface area contributed by atoms with Crippen molar-refractivity contribution in [1.29, 1.82) is 0 Å². The zero-order chi connectivity index (χ0) is 15.0. The first-order valence-corrected chi connectivity index (χ1v) is 7.61. The highest BCUT2D eigenvalue weighted by atomic mass is 19.4. The third-order valence-electron chi connectivity index (χ3n) is 4.80. The Labute approximate surface area is 123 Å². The first-order chi connectivity index (χ1) is 9.93. The highest BCUT2D eigenvalue weighted by molar-refractivity contribution is 5.27. The smallest absolute Gasteiger partial charge is 0.310 e. The molecule has 0 amide bonds. The molecule has 1 N–H and O–H groups in total. The normalized spacial score (nSPS) is 28.4. The van der Waals surface area contributed by atoms with E-state index in [0.717, 1.165) is 31.1 Å². The van der Waals surface area contributed by atoms with E-state index in [2.05, 4.69) is 10.2 Å². The summed E-state index contributed by atoms with van der Waals surface area (Å²) < 4.78 is 38.5. The number of benzene rings is 1. The van der Waals surface area contributed by atoms with E-state index >= 15 is 0 Å². The zero-order valence-electron chi connectivity index (χ0n) is 12.2. The summed E-state index contributed by atoms with van der Waals surface area (Å²) in [5.74, 6) is 0. The van der Waals surface area contributed by atoms with Gasteiger partial charge in [-0.3, -0.25) is 4.90 Å². The molecule has 0 saturated carbocycles. The van der Waals surface area contributed by atoms with Crippen LogP contribution in [0.3, 0.4) is 0 Å². The van der Waals surface area contributed by atoms with Gasteiger partial charge in [-0.05, 0) is 43.9 Å². The SMILES string of the molecule is CC(c1cccc(C(F)(F)F)c1)N1CCC2CCC(C1)N2. The molecule has 5 heteroatoms. The van der Waals surface area contributed by atoms with Gasteiger partial charge in [-0.15, -0.1) is 0 Å². The Bertz CT molecular complexity index is 501. The molecule has 0 aromatic heterocycles. The Balaban J connectivity index is 1.77. The van der Waals surface area contributed by atoms with Gasteiger partial charge in [0.2, 0.25) is 0 Å². The van der Waals surface area contributed by atoms with Crippen LogP contribution in [0.15, 0.2) is 24.3 Å². The molecule has 0 radical (unpaired) electrons. The molecule has 0 spiro atoms. The van der Waals surface area contributed by atoms with Crippen LogP contribution in [-0.4, -0.2) is 30.1 Å². The van der Waals surface area contributed by atoms with Crippen molar-refractivity contribution in [2.45, 2.75) is 50.5 Å². The second kappa shape index (κ2) is 5.61. The van der Waals surface area contributed by atoms with E-state index in [1.54, 1.807) is 6.07 Å². The second-order valence-corrected chi connectivity index (χ2v) is 6.22. The van der Waals surface area contributed by atoms with Gasteiger partial charge >= 0.3 is 6.18 Å². The number of alkyl halides is 3. The molecule has 3 atom stereocenters. The van der Waals surface area contributed by atoms with Gasteiger partial charge in [-0.25, -0.2) is 0 Å². The lowest BCUT2D eigenvalue weighted by Crippen LogP contribution is -2.36. The number of hydrogen-bond donors (Lipinski definition) is 1. The average Bonchev–Trinajstić information content (AvgIpc) is 2.77. The van der Waals surface area contributed by atoms with E-state index in [-0.39, 0.29) is 6.04 Å². The second-order valence-electron chi connectivity index (χ2n) is 6.22. The molecule has 116 valence electrons. The van der Waals surface area contributed by atoms with Crippen molar-refractivity contribution in [2.24, 2.45) is 0 Å². The average molecular weight is 298 g/mol. The summed E-state index contributed by atoms with van der Waals surface area (Å²) in [6.45, 7) is 3.88. The number of nitrogens with one attached hydrogen (secondary N) is 1. The maximum Gasteiger partial charge on any atom is 0.416 e. The van der Waals surface area contributed by atoms with E-state index < -0.39 is 11.7 Å². The zero-order valence-corrected chi connectivity index (χ0v) is 12.2. The molecule has 2 heterocycles. The summed E-state index contributed by atoms with van der Waals surface area (Å²) in [6, 6.07) is 6.85. The molecule has 2 aliphatic heterocycles. The van der Waals surface area contributed by atoms with Crippen molar-refractivity contribution in [3.05, 3.63) is 35.4 Å². The summed E-state index contributed by atoms with van der Waals surface area (Å²) in [4.78, 5) is 2.31. The summed E-state index contributed by atoms with van der Waals surface area (Å²) in [6.07, 6.45) is -0.776. The molecular formula is C16H21F3N2. The summed E-state index contributed by atoms with van der Waals surface area (Å²) >= 11 is 0. The number of nitrogens with zero attached hydrogens (tertiary/aromatic N) is 1. The minimum Gasteiger partial charge on any atom is -0.310 e. The van der Waals surface area contributed by atoms with E-state index in [0.29, 0.717) is 12.1 Å². The van der Waals surface area contributed by atoms with Crippen LogP contribution in [0.4, 0.5) is 13.2 Å². The number of likely N-dealkylation sites (tertiary alicyclic amines) is 1. The van der Waals surface area contributed by atoms with Crippen LogP contribution in [0.25, 0.3) is 0 Å². The Kier molecular flexibility index (Phi) is 3.97. The first-order valence-electron chi connectivity index (χ1n) is 7.61. The fourth-order valence-corrected chi connectivity index (χ4v) is 3.51. The van der Waals surface area contributed by atoms with Crippen LogP contribution in [0.2, 0.25) is 0 Å². The van der Waals surface area contributed by atoms with Gasteiger partial charge in [0.25, 0.3) is 0 Å². The topological polar surface area (TPSA) is 15.3 Å². The van der Waals surface area contributed by atoms with Crippen LogP contribution in [-0.2, 0) is 6.18 Å². The predicted octanol–water partition coefficient (Wildman–Crippen LogP) is 3.59. The fourth-order valence-electron chi connectivity index (χ4n) is 3.51. The van der Waals surface area contributed by atoms with Crippen molar-refractivity contribution in [2.75, 3.05) is 13.1 Å². The Hall–Kier alpha value is -1.07. The highest BCUT2D eigenvalue weighted by Gasteiger charge is 2.33. The lowest BCUT2D eigenvalue weighted by Gasteiger charge is -2.31. The van der Waals surface area contributed by atoms with Gasteiger partial charge in [0.05, 0.1) is 5.56 Å². The first kappa shape index (κ1) is 14.9. The van der Waals surface area contributed by atoms with Crippen LogP contribution in [0, 0.1) is 0 Å². The molecule has 2 bridgehead atoms.